The van der Waals surface area contributed by atoms with Gasteiger partial charge >= 0.3 is 0 Å². The predicted octanol–water partition coefficient (Wildman–Crippen LogP) is 2.39. The minimum atomic E-state index is -3.85. The molecule has 0 amide bonds. The van der Waals surface area contributed by atoms with Gasteiger partial charge in [0.05, 0.1) is 16.9 Å². The lowest BCUT2D eigenvalue weighted by molar-refractivity contribution is 0.486. The first-order chi connectivity index (χ1) is 10.8. The average Bonchev–Trinajstić information content (AvgIpc) is 3.01. The Labute approximate surface area is 140 Å². The molecule has 1 aromatic heterocycles. The van der Waals surface area contributed by atoms with Gasteiger partial charge in [-0.15, -0.1) is 0 Å². The molecule has 1 unspecified atom stereocenters. The molecule has 0 aliphatic carbocycles. The van der Waals surface area contributed by atoms with Crippen LogP contribution in [0.1, 0.15) is 17.9 Å². The molecule has 2 rings (SSSR count). The number of furan rings is 1. The van der Waals surface area contributed by atoms with Gasteiger partial charge in [0.15, 0.2) is 9.84 Å². The van der Waals surface area contributed by atoms with Crippen LogP contribution in [-0.2, 0) is 19.9 Å². The number of nitrogens with one attached hydrogen (secondary N) is 1. The van der Waals surface area contributed by atoms with Crippen LogP contribution in [0.2, 0.25) is 5.02 Å². The van der Waals surface area contributed by atoms with Crippen LogP contribution >= 0.6 is 11.6 Å². The van der Waals surface area contributed by atoms with E-state index in [-0.39, 0.29) is 23.0 Å². The number of sulfonamides is 1. The minimum absolute atomic E-state index is 0.0407. The lowest BCUT2D eigenvalue weighted by Gasteiger charge is -2.16. The third kappa shape index (κ3) is 4.35. The molecule has 1 heterocycles. The molecule has 1 N–H and O–H groups in total. The number of hydrogen-bond acceptors (Lipinski definition) is 5. The number of rotatable bonds is 7. The molecule has 0 aliphatic rings. The molecule has 126 valence electrons. The second kappa shape index (κ2) is 7.04. The SMILES string of the molecule is CCS(=O)(=O)NCC(c1ccco1)S(=O)(=O)c1ccc(Cl)cc1. The van der Waals surface area contributed by atoms with Gasteiger partial charge in [0.25, 0.3) is 0 Å². The van der Waals surface area contributed by atoms with Crippen molar-refractivity contribution in [1.29, 1.82) is 0 Å². The molecule has 0 saturated heterocycles. The van der Waals surface area contributed by atoms with Gasteiger partial charge in [-0.2, -0.15) is 0 Å². The zero-order valence-electron chi connectivity index (χ0n) is 12.3. The summed E-state index contributed by atoms with van der Waals surface area (Å²) < 4.78 is 56.4. The van der Waals surface area contributed by atoms with E-state index < -0.39 is 25.1 Å². The first kappa shape index (κ1) is 18.0. The van der Waals surface area contributed by atoms with Crippen LogP contribution in [0.4, 0.5) is 0 Å². The standard InChI is InChI=1S/C14H16ClNO5S2/c1-2-22(17,18)16-10-14(13-4-3-9-21-13)23(19,20)12-7-5-11(15)6-8-12/h3-9,14,16H,2,10H2,1H3. The Kier molecular flexibility index (Phi) is 5.51. The predicted molar refractivity (Wildman–Crippen MR) is 87.6 cm³/mol. The Morgan fingerprint density at radius 1 is 1.13 bits per heavy atom. The van der Waals surface area contributed by atoms with E-state index in [1.54, 1.807) is 6.07 Å². The summed E-state index contributed by atoms with van der Waals surface area (Å²) in [5, 5.41) is -0.759. The molecule has 0 spiro atoms. The highest BCUT2D eigenvalue weighted by Gasteiger charge is 2.32. The summed E-state index contributed by atoms with van der Waals surface area (Å²) in [6.45, 7) is 1.16. The van der Waals surface area contributed by atoms with Gasteiger partial charge in [-0.25, -0.2) is 21.6 Å². The van der Waals surface area contributed by atoms with Gasteiger partial charge < -0.3 is 4.42 Å². The van der Waals surface area contributed by atoms with Crippen molar-refractivity contribution in [3.05, 3.63) is 53.4 Å². The van der Waals surface area contributed by atoms with Crippen molar-refractivity contribution in [2.45, 2.75) is 17.1 Å². The van der Waals surface area contributed by atoms with Gasteiger partial charge in [-0.3, -0.25) is 0 Å². The minimum Gasteiger partial charge on any atom is -0.468 e. The maximum Gasteiger partial charge on any atom is 0.211 e. The first-order valence-corrected chi connectivity index (χ1v) is 10.3. The summed E-state index contributed by atoms with van der Waals surface area (Å²) in [6, 6.07) is 8.73. The van der Waals surface area contributed by atoms with E-state index in [1.165, 1.54) is 43.5 Å². The number of benzene rings is 1. The van der Waals surface area contributed by atoms with Crippen LogP contribution in [0.15, 0.2) is 52.0 Å². The van der Waals surface area contributed by atoms with Gasteiger partial charge in [0, 0.05) is 11.6 Å². The third-order valence-corrected chi connectivity index (χ3v) is 6.94. The van der Waals surface area contributed by atoms with Crippen molar-refractivity contribution in [3.63, 3.8) is 0 Å². The number of halogens is 1. The van der Waals surface area contributed by atoms with E-state index in [4.69, 9.17) is 16.0 Å². The van der Waals surface area contributed by atoms with Crippen molar-refractivity contribution in [3.8, 4) is 0 Å². The van der Waals surface area contributed by atoms with Crippen molar-refractivity contribution in [2.24, 2.45) is 0 Å². The Morgan fingerprint density at radius 2 is 1.78 bits per heavy atom. The normalized spacial score (nSPS) is 13.8. The summed E-state index contributed by atoms with van der Waals surface area (Å²) in [7, 11) is -7.38. The molecule has 0 fully saturated rings. The van der Waals surface area contributed by atoms with Crippen LogP contribution in [0, 0.1) is 0 Å². The Bertz CT molecular complexity index is 843. The average molecular weight is 378 g/mol. The van der Waals surface area contributed by atoms with Crippen molar-refractivity contribution >= 4 is 31.5 Å². The molecule has 0 bridgehead atoms. The summed E-state index contributed by atoms with van der Waals surface area (Å²) in [5.74, 6) is 0.0255. The monoisotopic (exact) mass is 377 g/mol. The van der Waals surface area contributed by atoms with E-state index in [9.17, 15) is 16.8 Å². The van der Waals surface area contributed by atoms with Gasteiger partial charge in [-0.1, -0.05) is 11.6 Å². The van der Waals surface area contributed by atoms with E-state index in [0.717, 1.165) is 0 Å². The fourth-order valence-corrected chi connectivity index (χ4v) is 4.37. The summed E-state index contributed by atoms with van der Waals surface area (Å²) in [5.41, 5.74) is 0. The van der Waals surface area contributed by atoms with Crippen LogP contribution in [0.5, 0.6) is 0 Å². The molecule has 2 aromatic rings. The Hall–Kier alpha value is -1.35. The van der Waals surface area contributed by atoms with Crippen LogP contribution in [-0.4, -0.2) is 29.1 Å². The molecular weight excluding hydrogens is 362 g/mol. The quantitative estimate of drug-likeness (QED) is 0.799. The molecule has 9 heteroatoms. The molecule has 6 nitrogen and oxygen atoms in total. The molecule has 0 radical (unpaired) electrons. The van der Waals surface area contributed by atoms with Crippen LogP contribution in [0.25, 0.3) is 0 Å². The molecular formula is C14H16ClNO5S2. The number of sulfone groups is 1. The molecule has 0 aliphatic heterocycles. The Morgan fingerprint density at radius 3 is 2.30 bits per heavy atom. The largest absolute Gasteiger partial charge is 0.468 e. The lowest BCUT2D eigenvalue weighted by Crippen LogP contribution is -2.32. The van der Waals surface area contributed by atoms with Gasteiger partial charge in [0.2, 0.25) is 10.0 Å². The zero-order valence-corrected chi connectivity index (χ0v) is 14.7. The summed E-state index contributed by atoms with van der Waals surface area (Å²) >= 11 is 5.78. The van der Waals surface area contributed by atoms with E-state index in [0.29, 0.717) is 5.02 Å². The molecule has 1 aromatic carbocycles. The molecule has 23 heavy (non-hydrogen) atoms. The number of hydrogen-bond donors (Lipinski definition) is 1. The van der Waals surface area contributed by atoms with E-state index in [2.05, 4.69) is 4.72 Å². The van der Waals surface area contributed by atoms with Crippen molar-refractivity contribution in [1.82, 2.24) is 4.72 Å². The highest BCUT2D eigenvalue weighted by molar-refractivity contribution is 7.92. The lowest BCUT2D eigenvalue weighted by atomic mass is 10.3. The van der Waals surface area contributed by atoms with Crippen molar-refractivity contribution < 1.29 is 21.3 Å². The topological polar surface area (TPSA) is 93.4 Å². The van der Waals surface area contributed by atoms with Crippen molar-refractivity contribution in [2.75, 3.05) is 12.3 Å². The highest BCUT2D eigenvalue weighted by atomic mass is 35.5. The second-order valence-corrected chi connectivity index (χ2v) is 9.42. The fraction of sp³-hybridized carbons (Fsp3) is 0.286. The maximum absolute atomic E-state index is 12.8. The van der Waals surface area contributed by atoms with E-state index in [1.807, 2.05) is 0 Å². The smallest absolute Gasteiger partial charge is 0.211 e. The van der Waals surface area contributed by atoms with E-state index >= 15 is 0 Å². The highest BCUT2D eigenvalue weighted by Crippen LogP contribution is 2.29. The second-order valence-electron chi connectivity index (χ2n) is 4.75. The maximum atomic E-state index is 12.8. The fourth-order valence-electron chi connectivity index (χ4n) is 1.93. The van der Waals surface area contributed by atoms with Crippen LogP contribution in [0.3, 0.4) is 0 Å². The van der Waals surface area contributed by atoms with Gasteiger partial charge in [-0.05, 0) is 43.3 Å². The van der Waals surface area contributed by atoms with Gasteiger partial charge in [0.1, 0.15) is 11.0 Å². The molecule has 0 saturated carbocycles. The first-order valence-electron chi connectivity index (χ1n) is 6.76. The molecule has 1 atom stereocenters. The summed E-state index contributed by atoms with van der Waals surface area (Å²) in [6.07, 6.45) is 1.34. The van der Waals surface area contributed by atoms with Crippen LogP contribution < -0.4 is 4.72 Å². The third-order valence-electron chi connectivity index (χ3n) is 3.25. The Balaban J connectivity index is 2.39. The summed E-state index contributed by atoms with van der Waals surface area (Å²) in [4.78, 5) is 0.0407. The zero-order chi connectivity index (χ0) is 17.1.